The summed E-state index contributed by atoms with van der Waals surface area (Å²) in [5.74, 6) is 0.842. The van der Waals surface area contributed by atoms with Crippen molar-refractivity contribution in [2.75, 3.05) is 40.3 Å². The van der Waals surface area contributed by atoms with Crippen molar-refractivity contribution in [1.82, 2.24) is 15.1 Å². The van der Waals surface area contributed by atoms with Crippen LogP contribution in [-0.2, 0) is 6.42 Å². The normalized spacial score (nSPS) is 20.1. The van der Waals surface area contributed by atoms with Gasteiger partial charge in [0.2, 0.25) is 0 Å². The molecule has 2 aliphatic rings. The van der Waals surface area contributed by atoms with Crippen LogP contribution in [0.25, 0.3) is 0 Å². The first-order valence-electron chi connectivity index (χ1n) is 10.9. The molecule has 0 atom stereocenters. The number of carbonyl (C=O) groups excluding carboxylic acids is 1. The predicted molar refractivity (Wildman–Crippen MR) is 112 cm³/mol. The molecule has 0 aromatic heterocycles. The zero-order valence-electron chi connectivity index (χ0n) is 17.3. The average molecular weight is 372 g/mol. The highest BCUT2D eigenvalue weighted by atomic mass is 16.1. The lowest BCUT2D eigenvalue weighted by Gasteiger charge is -2.31. The number of likely N-dealkylation sites (N-methyl/N-ethyl adjacent to an activating group) is 1. The number of nitrogens with one attached hydrogen (secondary N) is 1. The molecule has 0 radical (unpaired) electrons. The zero-order valence-corrected chi connectivity index (χ0v) is 17.3. The summed E-state index contributed by atoms with van der Waals surface area (Å²) < 4.78 is 0. The number of likely N-dealkylation sites (tertiary alicyclic amines) is 1. The predicted octanol–water partition coefficient (Wildman–Crippen LogP) is 3.57. The molecule has 1 aliphatic carbocycles. The molecule has 1 amide bonds. The van der Waals surface area contributed by atoms with Crippen molar-refractivity contribution in [2.45, 2.75) is 57.4 Å². The first-order valence-corrected chi connectivity index (χ1v) is 10.9. The summed E-state index contributed by atoms with van der Waals surface area (Å²) in [6, 6.07) is 8.96. The molecule has 4 nitrogen and oxygen atoms in total. The number of piperidine rings is 1. The molecule has 0 unspecified atom stereocenters. The minimum absolute atomic E-state index is 0.0536. The molecule has 1 N–H and O–H groups in total. The van der Waals surface area contributed by atoms with Crippen molar-refractivity contribution < 1.29 is 4.79 Å². The second kappa shape index (κ2) is 10.2. The standard InChI is InChI=1S/C23H37N3O/c1-25-15-12-20(13-16-25)18-19-8-10-21(11-9-19)23(27)24-14-17-26(2)22-6-4-3-5-7-22/h8-11,20,22H,3-7,12-18H2,1-2H3,(H,24,27). The summed E-state index contributed by atoms with van der Waals surface area (Å²) >= 11 is 0. The maximum atomic E-state index is 12.4. The fraction of sp³-hybridized carbons (Fsp3) is 0.696. The van der Waals surface area contributed by atoms with Gasteiger partial charge in [0.15, 0.2) is 0 Å². The lowest BCUT2D eigenvalue weighted by Crippen LogP contribution is -2.39. The Morgan fingerprint density at radius 3 is 2.41 bits per heavy atom. The third-order valence-corrected chi connectivity index (χ3v) is 6.53. The third kappa shape index (κ3) is 6.32. The van der Waals surface area contributed by atoms with Crippen molar-refractivity contribution in [3.05, 3.63) is 35.4 Å². The van der Waals surface area contributed by atoms with Crippen LogP contribution in [0, 0.1) is 5.92 Å². The van der Waals surface area contributed by atoms with Gasteiger partial charge in [-0.1, -0.05) is 31.4 Å². The van der Waals surface area contributed by atoms with Gasteiger partial charge in [0.25, 0.3) is 5.91 Å². The van der Waals surface area contributed by atoms with Gasteiger partial charge in [0, 0.05) is 24.7 Å². The van der Waals surface area contributed by atoms with Crippen molar-refractivity contribution in [2.24, 2.45) is 5.92 Å². The smallest absolute Gasteiger partial charge is 0.251 e. The summed E-state index contributed by atoms with van der Waals surface area (Å²) in [5.41, 5.74) is 2.14. The van der Waals surface area contributed by atoms with E-state index in [1.807, 2.05) is 12.1 Å². The SMILES string of the molecule is CN1CCC(Cc2ccc(C(=O)NCCN(C)C3CCCCC3)cc2)CC1. The van der Waals surface area contributed by atoms with Crippen molar-refractivity contribution >= 4 is 5.91 Å². The van der Waals surface area contributed by atoms with Crippen LogP contribution in [0.3, 0.4) is 0 Å². The van der Waals surface area contributed by atoms with Gasteiger partial charge < -0.3 is 15.1 Å². The van der Waals surface area contributed by atoms with E-state index in [2.05, 4.69) is 41.3 Å². The molecule has 1 heterocycles. The van der Waals surface area contributed by atoms with Crippen LogP contribution >= 0.6 is 0 Å². The van der Waals surface area contributed by atoms with E-state index in [1.54, 1.807) is 0 Å². The largest absolute Gasteiger partial charge is 0.351 e. The molecule has 1 aliphatic heterocycles. The molecule has 27 heavy (non-hydrogen) atoms. The molecule has 1 saturated carbocycles. The number of hydrogen-bond donors (Lipinski definition) is 1. The maximum Gasteiger partial charge on any atom is 0.251 e. The molecule has 150 valence electrons. The monoisotopic (exact) mass is 371 g/mol. The van der Waals surface area contributed by atoms with E-state index in [-0.39, 0.29) is 5.91 Å². The van der Waals surface area contributed by atoms with Gasteiger partial charge in [-0.3, -0.25) is 4.79 Å². The Bertz CT molecular complexity index is 572. The fourth-order valence-corrected chi connectivity index (χ4v) is 4.54. The Hall–Kier alpha value is -1.39. The van der Waals surface area contributed by atoms with E-state index in [9.17, 15) is 4.79 Å². The fourth-order valence-electron chi connectivity index (χ4n) is 4.54. The van der Waals surface area contributed by atoms with E-state index in [1.165, 1.54) is 63.6 Å². The van der Waals surface area contributed by atoms with Crippen LogP contribution in [0.5, 0.6) is 0 Å². The lowest BCUT2D eigenvalue weighted by molar-refractivity contribution is 0.0944. The van der Waals surface area contributed by atoms with Crippen LogP contribution in [0.1, 0.15) is 60.9 Å². The van der Waals surface area contributed by atoms with E-state index < -0.39 is 0 Å². The van der Waals surface area contributed by atoms with Gasteiger partial charge in [-0.2, -0.15) is 0 Å². The lowest BCUT2D eigenvalue weighted by atomic mass is 9.90. The van der Waals surface area contributed by atoms with Gasteiger partial charge in [0.05, 0.1) is 0 Å². The van der Waals surface area contributed by atoms with E-state index in [0.717, 1.165) is 31.0 Å². The number of amides is 1. The van der Waals surface area contributed by atoms with Crippen LogP contribution < -0.4 is 5.32 Å². The third-order valence-electron chi connectivity index (χ3n) is 6.53. The first kappa shape index (κ1) is 20.3. The molecule has 1 aromatic rings. The summed E-state index contributed by atoms with van der Waals surface area (Å²) in [6.07, 6.45) is 10.4. The van der Waals surface area contributed by atoms with E-state index in [4.69, 9.17) is 0 Å². The van der Waals surface area contributed by atoms with E-state index >= 15 is 0 Å². The second-order valence-corrected chi connectivity index (χ2v) is 8.68. The Labute approximate surface area is 165 Å². The van der Waals surface area contributed by atoms with Crippen LogP contribution in [0.2, 0.25) is 0 Å². The number of benzene rings is 1. The molecule has 2 fully saturated rings. The summed E-state index contributed by atoms with van der Waals surface area (Å²) in [5, 5.41) is 3.09. The Kier molecular flexibility index (Phi) is 7.71. The molecular weight excluding hydrogens is 334 g/mol. The Morgan fingerprint density at radius 1 is 1.07 bits per heavy atom. The van der Waals surface area contributed by atoms with Gasteiger partial charge in [0.1, 0.15) is 0 Å². The van der Waals surface area contributed by atoms with Gasteiger partial charge in [-0.15, -0.1) is 0 Å². The molecule has 0 spiro atoms. The minimum Gasteiger partial charge on any atom is -0.351 e. The molecule has 1 saturated heterocycles. The first-order chi connectivity index (χ1) is 13.1. The number of rotatable bonds is 7. The van der Waals surface area contributed by atoms with Gasteiger partial charge in [-0.05, 0) is 82.9 Å². The summed E-state index contributed by atoms with van der Waals surface area (Å²) in [7, 11) is 4.40. The number of hydrogen-bond acceptors (Lipinski definition) is 3. The molecule has 0 bridgehead atoms. The average Bonchev–Trinajstić information content (AvgIpc) is 2.71. The van der Waals surface area contributed by atoms with Crippen LogP contribution in [-0.4, -0.2) is 62.0 Å². The zero-order chi connectivity index (χ0) is 19.1. The maximum absolute atomic E-state index is 12.4. The quantitative estimate of drug-likeness (QED) is 0.796. The van der Waals surface area contributed by atoms with Gasteiger partial charge in [-0.25, -0.2) is 0 Å². The van der Waals surface area contributed by atoms with Gasteiger partial charge >= 0.3 is 0 Å². The minimum atomic E-state index is 0.0536. The number of nitrogens with zero attached hydrogens (tertiary/aromatic N) is 2. The molecule has 4 heteroatoms. The molecule has 3 rings (SSSR count). The summed E-state index contributed by atoms with van der Waals surface area (Å²) in [6.45, 7) is 4.08. The second-order valence-electron chi connectivity index (χ2n) is 8.68. The Morgan fingerprint density at radius 2 is 1.74 bits per heavy atom. The van der Waals surface area contributed by atoms with Crippen molar-refractivity contribution in [3.63, 3.8) is 0 Å². The van der Waals surface area contributed by atoms with Crippen LogP contribution in [0.15, 0.2) is 24.3 Å². The van der Waals surface area contributed by atoms with Crippen molar-refractivity contribution in [3.8, 4) is 0 Å². The Balaban J connectivity index is 1.39. The molecule has 1 aromatic carbocycles. The highest BCUT2D eigenvalue weighted by Crippen LogP contribution is 2.22. The highest BCUT2D eigenvalue weighted by molar-refractivity contribution is 5.94. The molecular formula is C23H37N3O. The topological polar surface area (TPSA) is 35.6 Å². The highest BCUT2D eigenvalue weighted by Gasteiger charge is 2.18. The van der Waals surface area contributed by atoms with Crippen molar-refractivity contribution in [1.29, 1.82) is 0 Å². The van der Waals surface area contributed by atoms with E-state index in [0.29, 0.717) is 6.04 Å². The van der Waals surface area contributed by atoms with Crippen LogP contribution in [0.4, 0.5) is 0 Å². The number of carbonyl (C=O) groups is 1. The summed E-state index contributed by atoms with van der Waals surface area (Å²) in [4.78, 5) is 17.2.